The summed E-state index contributed by atoms with van der Waals surface area (Å²) in [6.07, 6.45) is 1.10. The van der Waals surface area contributed by atoms with Crippen LogP contribution in [0, 0.1) is 26.0 Å². The SMILES string of the molecule is O=C(NNc1ncnc(N2CCN(c3ccccc3F)CC2)c1[N+](=O)[O-])c1ccccc1[N+](=O)[O-]. The first-order valence-electron chi connectivity index (χ1n) is 10.4. The van der Waals surface area contributed by atoms with Crippen molar-refractivity contribution in [2.24, 2.45) is 0 Å². The molecule has 35 heavy (non-hydrogen) atoms. The Morgan fingerprint density at radius 1 is 0.914 bits per heavy atom. The van der Waals surface area contributed by atoms with Gasteiger partial charge in [-0.1, -0.05) is 24.3 Å². The highest BCUT2D eigenvalue weighted by Gasteiger charge is 2.30. The van der Waals surface area contributed by atoms with E-state index in [2.05, 4.69) is 20.8 Å². The molecule has 2 heterocycles. The van der Waals surface area contributed by atoms with E-state index in [0.717, 1.165) is 6.33 Å². The topological polar surface area (TPSA) is 160 Å². The third-order valence-electron chi connectivity index (χ3n) is 5.40. The maximum atomic E-state index is 14.1. The van der Waals surface area contributed by atoms with Crippen LogP contribution >= 0.6 is 0 Å². The summed E-state index contributed by atoms with van der Waals surface area (Å²) in [5.74, 6) is -1.48. The van der Waals surface area contributed by atoms with E-state index < -0.39 is 27.1 Å². The fraction of sp³-hybridized carbons (Fsp3) is 0.190. The third kappa shape index (κ3) is 4.90. The van der Waals surface area contributed by atoms with E-state index in [-0.39, 0.29) is 23.0 Å². The van der Waals surface area contributed by atoms with Gasteiger partial charge in [-0.05, 0) is 18.2 Å². The maximum absolute atomic E-state index is 14.1. The number of hydrazine groups is 1. The Bertz CT molecular complexity index is 1280. The predicted molar refractivity (Wildman–Crippen MR) is 124 cm³/mol. The fourth-order valence-electron chi connectivity index (χ4n) is 3.74. The summed E-state index contributed by atoms with van der Waals surface area (Å²) in [5, 5.41) is 23.0. The summed E-state index contributed by atoms with van der Waals surface area (Å²) in [5.41, 5.74) is 3.92. The standard InChI is InChI=1S/C21H19FN8O5/c22-15-6-2-4-8-17(15)27-9-11-28(12-10-27)20-18(30(34)35)19(23-13-24-20)25-26-21(31)14-5-1-3-7-16(14)29(32)33/h1-8,13H,9-12H2,(H,26,31)(H,23,24,25). The van der Waals surface area contributed by atoms with Gasteiger partial charge in [0, 0.05) is 32.2 Å². The molecule has 2 aromatic carbocycles. The molecule has 1 saturated heterocycles. The summed E-state index contributed by atoms with van der Waals surface area (Å²) in [4.78, 5) is 45.5. The molecule has 4 rings (SSSR count). The first kappa shape index (κ1) is 23.3. The quantitative estimate of drug-likeness (QED) is 0.378. The van der Waals surface area contributed by atoms with Crippen molar-refractivity contribution in [1.29, 1.82) is 0 Å². The van der Waals surface area contributed by atoms with Gasteiger partial charge in [0.2, 0.25) is 11.6 Å². The average Bonchev–Trinajstić information content (AvgIpc) is 2.87. The number of rotatable bonds is 7. The minimum atomic E-state index is -0.870. The molecule has 0 aliphatic carbocycles. The van der Waals surface area contributed by atoms with Gasteiger partial charge in [0.25, 0.3) is 11.6 Å². The molecule has 0 saturated carbocycles. The molecule has 180 valence electrons. The summed E-state index contributed by atoms with van der Waals surface area (Å²) in [6.45, 7) is 1.46. The Morgan fingerprint density at radius 2 is 1.57 bits per heavy atom. The van der Waals surface area contributed by atoms with Crippen LogP contribution in [0.1, 0.15) is 10.4 Å². The van der Waals surface area contributed by atoms with Crippen LogP contribution in [0.3, 0.4) is 0 Å². The normalized spacial score (nSPS) is 13.3. The zero-order valence-corrected chi connectivity index (χ0v) is 18.1. The molecule has 0 unspecified atom stereocenters. The molecule has 0 bridgehead atoms. The monoisotopic (exact) mass is 482 g/mol. The van der Waals surface area contributed by atoms with Crippen molar-refractivity contribution in [1.82, 2.24) is 15.4 Å². The van der Waals surface area contributed by atoms with Crippen LogP contribution in [-0.4, -0.2) is 51.9 Å². The van der Waals surface area contributed by atoms with Crippen molar-refractivity contribution in [3.63, 3.8) is 0 Å². The molecular weight excluding hydrogens is 463 g/mol. The van der Waals surface area contributed by atoms with E-state index in [1.807, 2.05) is 4.90 Å². The lowest BCUT2D eigenvalue weighted by atomic mass is 10.2. The molecule has 1 aliphatic rings. The van der Waals surface area contributed by atoms with Crippen molar-refractivity contribution in [2.75, 3.05) is 41.4 Å². The largest absolute Gasteiger partial charge is 0.366 e. The number of hydrogen-bond acceptors (Lipinski definition) is 10. The summed E-state index contributed by atoms with van der Waals surface area (Å²) in [6, 6.07) is 11.7. The number of nitro groups is 2. The van der Waals surface area contributed by atoms with E-state index in [9.17, 15) is 29.4 Å². The number of carbonyl (C=O) groups is 1. The van der Waals surface area contributed by atoms with Crippen molar-refractivity contribution in [2.45, 2.75) is 0 Å². The number of halogens is 1. The van der Waals surface area contributed by atoms with Gasteiger partial charge in [0.05, 0.1) is 15.5 Å². The molecule has 3 aromatic rings. The average molecular weight is 482 g/mol. The number of anilines is 3. The fourth-order valence-corrected chi connectivity index (χ4v) is 3.74. The second kappa shape index (κ2) is 9.94. The van der Waals surface area contributed by atoms with Crippen LogP contribution in [0.5, 0.6) is 0 Å². The maximum Gasteiger partial charge on any atom is 0.355 e. The predicted octanol–water partition coefficient (Wildman–Crippen LogP) is 2.52. The van der Waals surface area contributed by atoms with Crippen LogP contribution in [0.25, 0.3) is 0 Å². The lowest BCUT2D eigenvalue weighted by Gasteiger charge is -2.36. The van der Waals surface area contributed by atoms with Gasteiger partial charge in [-0.2, -0.15) is 0 Å². The summed E-state index contributed by atoms with van der Waals surface area (Å²) >= 11 is 0. The number of benzene rings is 2. The van der Waals surface area contributed by atoms with Gasteiger partial charge in [-0.15, -0.1) is 0 Å². The number of carbonyl (C=O) groups excluding carboxylic acids is 1. The zero-order valence-electron chi connectivity index (χ0n) is 18.1. The molecule has 1 aromatic heterocycles. The van der Waals surface area contributed by atoms with Crippen LogP contribution < -0.4 is 20.7 Å². The van der Waals surface area contributed by atoms with Gasteiger partial charge in [0.15, 0.2) is 0 Å². The zero-order chi connectivity index (χ0) is 24.9. The molecule has 13 nitrogen and oxygen atoms in total. The number of piperazine rings is 1. The Hall–Kier alpha value is -4.88. The van der Waals surface area contributed by atoms with Crippen LogP contribution in [0.2, 0.25) is 0 Å². The Morgan fingerprint density at radius 3 is 2.26 bits per heavy atom. The van der Waals surface area contributed by atoms with Crippen molar-refractivity contribution < 1.29 is 19.0 Å². The Balaban J connectivity index is 1.51. The van der Waals surface area contributed by atoms with Gasteiger partial charge in [-0.25, -0.2) is 14.4 Å². The Labute approximate surface area is 197 Å². The van der Waals surface area contributed by atoms with Gasteiger partial charge >= 0.3 is 5.69 Å². The number of hydrogen-bond donors (Lipinski definition) is 2. The second-order valence-corrected chi connectivity index (χ2v) is 7.43. The number of nitrogens with one attached hydrogen (secondary N) is 2. The van der Waals surface area contributed by atoms with E-state index in [0.29, 0.717) is 31.9 Å². The van der Waals surface area contributed by atoms with Crippen molar-refractivity contribution in [3.8, 4) is 0 Å². The summed E-state index contributed by atoms with van der Waals surface area (Å²) < 4.78 is 14.1. The number of amides is 1. The second-order valence-electron chi connectivity index (χ2n) is 7.43. The van der Waals surface area contributed by atoms with E-state index in [1.54, 1.807) is 23.1 Å². The minimum Gasteiger partial charge on any atom is -0.366 e. The van der Waals surface area contributed by atoms with E-state index in [1.165, 1.54) is 30.3 Å². The molecule has 1 amide bonds. The molecule has 1 fully saturated rings. The highest BCUT2D eigenvalue weighted by molar-refractivity contribution is 5.98. The Kier molecular flexibility index (Phi) is 6.62. The lowest BCUT2D eigenvalue weighted by Crippen LogP contribution is -2.47. The highest BCUT2D eigenvalue weighted by atomic mass is 19.1. The van der Waals surface area contributed by atoms with Gasteiger partial charge in [0.1, 0.15) is 17.7 Å². The number of para-hydroxylation sites is 2. The molecule has 1 aliphatic heterocycles. The number of nitrogens with zero attached hydrogens (tertiary/aromatic N) is 6. The van der Waals surface area contributed by atoms with Gasteiger partial charge in [-0.3, -0.25) is 35.9 Å². The molecular formula is C21H19FN8O5. The van der Waals surface area contributed by atoms with Crippen LogP contribution in [0.15, 0.2) is 54.9 Å². The first-order chi connectivity index (χ1) is 16.9. The molecule has 0 radical (unpaired) electrons. The number of nitro benzene ring substituents is 1. The summed E-state index contributed by atoms with van der Waals surface area (Å²) in [7, 11) is 0. The molecule has 2 N–H and O–H groups in total. The number of aromatic nitrogens is 2. The van der Waals surface area contributed by atoms with E-state index >= 15 is 0 Å². The van der Waals surface area contributed by atoms with E-state index in [4.69, 9.17) is 0 Å². The smallest absolute Gasteiger partial charge is 0.355 e. The minimum absolute atomic E-state index is 0.0284. The molecule has 0 spiro atoms. The van der Waals surface area contributed by atoms with Crippen molar-refractivity contribution in [3.05, 3.63) is 86.5 Å². The molecule has 14 heteroatoms. The van der Waals surface area contributed by atoms with Crippen molar-refractivity contribution >= 4 is 34.6 Å². The third-order valence-corrected chi connectivity index (χ3v) is 5.40. The highest BCUT2D eigenvalue weighted by Crippen LogP contribution is 2.32. The van der Waals surface area contributed by atoms with Crippen LogP contribution in [-0.2, 0) is 0 Å². The van der Waals surface area contributed by atoms with Gasteiger partial charge < -0.3 is 9.80 Å². The molecule has 0 atom stereocenters. The lowest BCUT2D eigenvalue weighted by molar-refractivity contribution is -0.385. The first-order valence-corrected chi connectivity index (χ1v) is 10.4. The van der Waals surface area contributed by atoms with Crippen LogP contribution in [0.4, 0.5) is 33.1 Å².